The van der Waals surface area contributed by atoms with Gasteiger partial charge in [-0.15, -0.1) is 0 Å². The molecule has 2 atom stereocenters. The Morgan fingerprint density at radius 3 is 2.52 bits per heavy atom. The Hall–Kier alpha value is -3.78. The molecule has 0 fully saturated rings. The summed E-state index contributed by atoms with van der Waals surface area (Å²) in [6, 6.07) is 20.8. The van der Waals surface area contributed by atoms with Crippen molar-refractivity contribution in [1.29, 1.82) is 0 Å². The lowest BCUT2D eigenvalue weighted by Gasteiger charge is -2.21. The van der Waals surface area contributed by atoms with E-state index in [1.165, 1.54) is 6.07 Å². The van der Waals surface area contributed by atoms with Crippen LogP contribution in [0.2, 0.25) is 0 Å². The number of benzene rings is 3. The Morgan fingerprint density at radius 1 is 1.00 bits per heavy atom. The van der Waals surface area contributed by atoms with Gasteiger partial charge in [-0.1, -0.05) is 48.5 Å². The van der Waals surface area contributed by atoms with Crippen LogP contribution in [0.1, 0.15) is 33.9 Å². The van der Waals surface area contributed by atoms with E-state index in [0.29, 0.717) is 28.9 Å². The first-order valence-electron chi connectivity index (χ1n) is 9.87. The number of aliphatic hydroxyl groups excluding tert-OH is 1. The molecule has 3 aromatic rings. The Balaban J connectivity index is 1.63. The highest BCUT2D eigenvalue weighted by atomic mass is 16.8. The average molecular weight is 413 g/mol. The fourth-order valence-corrected chi connectivity index (χ4v) is 4.10. The summed E-state index contributed by atoms with van der Waals surface area (Å²) in [5.41, 5.74) is 3.97. The van der Waals surface area contributed by atoms with E-state index < -0.39 is 5.23 Å². The highest BCUT2D eigenvalue weighted by Gasteiger charge is 2.34. The highest BCUT2D eigenvalue weighted by Crippen LogP contribution is 2.39. The molecule has 0 bridgehead atoms. The van der Waals surface area contributed by atoms with Crippen LogP contribution in [0.15, 0.2) is 83.4 Å². The standard InChI is InChI=1S/C24H19N3O4/c28-23-16-8-1-2-9-17(16)24(29)22(23)21-13-20(14-6-5-7-15(12-14)27(30)31)25-18-10-3-4-11-19(18)26-21/h1-12,20,25,27-28,30H,13H2. The predicted octanol–water partition coefficient (Wildman–Crippen LogP) is 3.89. The molecule has 0 amide bonds. The molecule has 1 aliphatic heterocycles. The summed E-state index contributed by atoms with van der Waals surface area (Å²) in [6.07, 6.45) is 0.302. The maximum absolute atomic E-state index is 13.1. The maximum Gasteiger partial charge on any atom is 0.199 e. The zero-order valence-electron chi connectivity index (χ0n) is 16.4. The zero-order chi connectivity index (χ0) is 21.5. The molecule has 0 saturated carbocycles. The van der Waals surface area contributed by atoms with Crippen molar-refractivity contribution in [2.45, 2.75) is 12.5 Å². The van der Waals surface area contributed by atoms with E-state index in [9.17, 15) is 20.3 Å². The zero-order valence-corrected chi connectivity index (χ0v) is 16.4. The highest BCUT2D eigenvalue weighted by molar-refractivity contribution is 6.36. The second-order valence-corrected chi connectivity index (χ2v) is 7.51. The summed E-state index contributed by atoms with van der Waals surface area (Å²) in [5, 5.41) is 34.1. The van der Waals surface area contributed by atoms with Crippen LogP contribution >= 0.6 is 0 Å². The van der Waals surface area contributed by atoms with Crippen molar-refractivity contribution in [3.63, 3.8) is 0 Å². The number of rotatable bonds is 3. The monoisotopic (exact) mass is 413 g/mol. The van der Waals surface area contributed by atoms with Gasteiger partial charge in [0.25, 0.3) is 0 Å². The minimum Gasteiger partial charge on any atom is -0.595 e. The number of fused-ring (bicyclic) bond motifs is 2. The van der Waals surface area contributed by atoms with Crippen molar-refractivity contribution in [3.05, 3.63) is 100 Å². The van der Waals surface area contributed by atoms with Crippen molar-refractivity contribution < 1.29 is 20.3 Å². The van der Waals surface area contributed by atoms with Crippen molar-refractivity contribution in [2.24, 2.45) is 4.99 Å². The van der Waals surface area contributed by atoms with Crippen LogP contribution < -0.4 is 10.5 Å². The van der Waals surface area contributed by atoms with Gasteiger partial charge in [-0.2, -0.15) is 5.23 Å². The summed E-state index contributed by atoms with van der Waals surface area (Å²) < 4.78 is 0. The van der Waals surface area contributed by atoms with Crippen LogP contribution in [0.25, 0.3) is 5.76 Å². The van der Waals surface area contributed by atoms with Crippen LogP contribution in [0, 0.1) is 5.21 Å². The first-order chi connectivity index (χ1) is 15.0. The van der Waals surface area contributed by atoms with Crippen LogP contribution in [-0.4, -0.2) is 21.8 Å². The van der Waals surface area contributed by atoms with Crippen LogP contribution in [0.3, 0.4) is 0 Å². The summed E-state index contributed by atoms with van der Waals surface area (Å²) >= 11 is 0. The largest absolute Gasteiger partial charge is 0.595 e. The number of carbonyl (C=O) groups excluding carboxylic acids is 1. The molecule has 0 radical (unpaired) electrons. The van der Waals surface area contributed by atoms with Gasteiger partial charge in [0.1, 0.15) is 5.76 Å². The fraction of sp³-hybridized carbons (Fsp3) is 0.0833. The number of aliphatic hydroxyl groups is 1. The summed E-state index contributed by atoms with van der Waals surface area (Å²) in [5.74, 6) is -0.332. The normalized spacial score (nSPS) is 18.6. The van der Waals surface area contributed by atoms with E-state index in [4.69, 9.17) is 4.99 Å². The molecule has 2 aliphatic rings. The molecular formula is C24H19N3O4. The Morgan fingerprint density at radius 2 is 1.74 bits per heavy atom. The molecular weight excluding hydrogens is 394 g/mol. The SMILES string of the molecule is O=C1C(C2=Nc3ccccc3NC(c3cccc([NH+]([O-])O)c3)C2)=C(O)c2ccccc21. The third-order valence-corrected chi connectivity index (χ3v) is 5.60. The van der Waals surface area contributed by atoms with Gasteiger partial charge >= 0.3 is 0 Å². The van der Waals surface area contributed by atoms with Crippen molar-refractivity contribution >= 4 is 34.3 Å². The number of quaternary nitrogens is 1. The number of nitrogens with one attached hydrogen (secondary N) is 2. The Kier molecular flexibility index (Phi) is 4.63. The van der Waals surface area contributed by atoms with E-state index in [1.807, 2.05) is 30.3 Å². The van der Waals surface area contributed by atoms with E-state index in [1.54, 1.807) is 36.4 Å². The Bertz CT molecular complexity index is 1260. The van der Waals surface area contributed by atoms with E-state index in [2.05, 4.69) is 5.32 Å². The molecule has 31 heavy (non-hydrogen) atoms. The number of Topliss-reactive ketones (excluding diaryl/α,β-unsaturated/α-hetero) is 1. The molecule has 2 unspecified atom stereocenters. The second kappa shape index (κ2) is 7.48. The van der Waals surface area contributed by atoms with Crippen molar-refractivity contribution in [3.8, 4) is 0 Å². The summed E-state index contributed by atoms with van der Waals surface area (Å²) in [4.78, 5) is 17.9. The molecule has 0 aromatic heterocycles. The van der Waals surface area contributed by atoms with Gasteiger partial charge in [0.05, 0.1) is 28.7 Å². The molecule has 1 heterocycles. The number of para-hydroxylation sites is 2. The number of aliphatic imine (C=N–C) groups is 1. The van der Waals surface area contributed by atoms with Crippen LogP contribution in [0.4, 0.5) is 17.1 Å². The minimum absolute atomic E-state index is 0.0724. The molecule has 7 heteroatoms. The van der Waals surface area contributed by atoms with E-state index in [-0.39, 0.29) is 28.8 Å². The molecule has 5 rings (SSSR count). The van der Waals surface area contributed by atoms with Gasteiger partial charge in [0, 0.05) is 29.7 Å². The van der Waals surface area contributed by atoms with Crippen molar-refractivity contribution in [1.82, 2.24) is 0 Å². The molecule has 0 saturated heterocycles. The van der Waals surface area contributed by atoms with Gasteiger partial charge in [0.15, 0.2) is 11.5 Å². The second-order valence-electron chi connectivity index (χ2n) is 7.51. The number of anilines is 1. The lowest BCUT2D eigenvalue weighted by atomic mass is 9.95. The molecule has 0 spiro atoms. The third kappa shape index (κ3) is 3.30. The van der Waals surface area contributed by atoms with Gasteiger partial charge in [-0.05, 0) is 17.7 Å². The lowest BCUT2D eigenvalue weighted by Crippen LogP contribution is -2.99. The first kappa shape index (κ1) is 19.2. The number of carbonyl (C=O) groups is 1. The summed E-state index contributed by atoms with van der Waals surface area (Å²) in [7, 11) is 0. The molecule has 154 valence electrons. The van der Waals surface area contributed by atoms with Gasteiger partial charge in [-0.25, -0.2) is 5.21 Å². The van der Waals surface area contributed by atoms with Gasteiger partial charge < -0.3 is 15.6 Å². The van der Waals surface area contributed by atoms with Gasteiger partial charge in [0.2, 0.25) is 0 Å². The first-order valence-corrected chi connectivity index (χ1v) is 9.87. The molecule has 4 N–H and O–H groups in total. The quantitative estimate of drug-likeness (QED) is 0.487. The van der Waals surface area contributed by atoms with Crippen LogP contribution in [0.5, 0.6) is 0 Å². The number of hydrogen-bond acceptors (Lipinski definition) is 6. The fourth-order valence-electron chi connectivity index (χ4n) is 4.10. The van der Waals surface area contributed by atoms with E-state index >= 15 is 0 Å². The number of hydrogen-bond donors (Lipinski definition) is 4. The smallest absolute Gasteiger partial charge is 0.199 e. The van der Waals surface area contributed by atoms with Gasteiger partial charge in [-0.3, -0.25) is 9.79 Å². The third-order valence-electron chi connectivity index (χ3n) is 5.60. The number of nitrogens with zero attached hydrogens (tertiary/aromatic N) is 1. The minimum atomic E-state index is -1.01. The Labute approximate surface area is 178 Å². The number of allylic oxidation sites excluding steroid dienone is 1. The van der Waals surface area contributed by atoms with Crippen LogP contribution in [-0.2, 0) is 0 Å². The average Bonchev–Trinajstić information content (AvgIpc) is 2.93. The molecule has 1 aliphatic carbocycles. The summed E-state index contributed by atoms with van der Waals surface area (Å²) in [6.45, 7) is 0. The predicted molar refractivity (Wildman–Crippen MR) is 117 cm³/mol. The number of ketones is 1. The lowest BCUT2D eigenvalue weighted by molar-refractivity contribution is -0.991. The maximum atomic E-state index is 13.1. The molecule has 7 nitrogen and oxygen atoms in total. The van der Waals surface area contributed by atoms with E-state index in [0.717, 1.165) is 11.3 Å². The molecule has 3 aromatic carbocycles. The topological polar surface area (TPSA) is 109 Å². The van der Waals surface area contributed by atoms with Crippen molar-refractivity contribution in [2.75, 3.05) is 5.32 Å².